The number of aryl methyl sites for hydroxylation is 1. The first-order valence-corrected chi connectivity index (χ1v) is 6.84. The molecule has 1 heterocycles. The zero-order valence-corrected chi connectivity index (χ0v) is 12.1. The topological polar surface area (TPSA) is 25.4 Å². The number of hydrogen-bond donors (Lipinski definition) is 0. The van der Waals surface area contributed by atoms with Crippen molar-refractivity contribution in [2.45, 2.75) is 31.7 Å². The summed E-state index contributed by atoms with van der Waals surface area (Å²) in [4.78, 5) is 6.85. The number of hydrogen-bond acceptors (Lipinski definition) is 3. The van der Waals surface area contributed by atoms with E-state index in [1.54, 1.807) is 7.11 Å². The Kier molecular flexibility index (Phi) is 4.46. The molecule has 0 atom stereocenters. The highest BCUT2D eigenvalue weighted by molar-refractivity contribution is 6.21. The number of rotatable bonds is 5. The Hall–Kier alpha value is -0.800. The second-order valence-electron chi connectivity index (χ2n) is 5.27. The summed E-state index contributed by atoms with van der Waals surface area (Å²) in [5, 5.41) is 0.403. The summed E-state index contributed by atoms with van der Waals surface area (Å²) in [6, 6.07) is 3.96. The van der Waals surface area contributed by atoms with Crippen molar-refractivity contribution >= 4 is 11.6 Å². The van der Waals surface area contributed by atoms with Gasteiger partial charge in [-0.15, -0.1) is 11.6 Å². The number of nitrogens with zero attached hydrogens (tertiary/aromatic N) is 2. The maximum atomic E-state index is 6.00. The molecule has 4 heteroatoms. The largest absolute Gasteiger partial charge is 0.497 e. The lowest BCUT2D eigenvalue weighted by molar-refractivity contribution is 0.202. The van der Waals surface area contributed by atoms with Crippen molar-refractivity contribution in [2.24, 2.45) is 5.92 Å². The van der Waals surface area contributed by atoms with Crippen molar-refractivity contribution in [2.75, 3.05) is 20.7 Å². The predicted octanol–water partition coefficient (Wildman–Crippen LogP) is 2.85. The molecule has 18 heavy (non-hydrogen) atoms. The Bertz CT molecular complexity index is 405. The number of ether oxygens (including phenoxy) is 1. The van der Waals surface area contributed by atoms with E-state index >= 15 is 0 Å². The Labute approximate surface area is 114 Å². The van der Waals surface area contributed by atoms with Crippen molar-refractivity contribution < 1.29 is 4.74 Å². The van der Waals surface area contributed by atoms with Crippen molar-refractivity contribution in [1.82, 2.24) is 9.88 Å². The molecule has 1 aliphatic carbocycles. The Morgan fingerprint density at radius 2 is 2.17 bits per heavy atom. The smallest absolute Gasteiger partial charge is 0.122 e. The normalized spacial score (nSPS) is 22.9. The molecule has 0 bridgehead atoms. The van der Waals surface area contributed by atoms with Crippen LogP contribution in [0.3, 0.4) is 0 Å². The molecule has 0 spiro atoms. The van der Waals surface area contributed by atoms with E-state index in [-0.39, 0.29) is 0 Å². The van der Waals surface area contributed by atoms with Gasteiger partial charge in [-0.05, 0) is 32.7 Å². The third kappa shape index (κ3) is 3.59. The predicted molar refractivity (Wildman–Crippen MR) is 74.2 cm³/mol. The fraction of sp³-hybridized carbons (Fsp3) is 0.643. The van der Waals surface area contributed by atoms with Crippen LogP contribution in [-0.2, 0) is 6.54 Å². The van der Waals surface area contributed by atoms with Crippen LogP contribution in [0.1, 0.15) is 24.2 Å². The zero-order valence-electron chi connectivity index (χ0n) is 11.3. The van der Waals surface area contributed by atoms with Gasteiger partial charge in [0.1, 0.15) is 5.75 Å². The van der Waals surface area contributed by atoms with Crippen LogP contribution in [0, 0.1) is 12.8 Å². The SMILES string of the molecule is COc1cc(C)nc(CN(C)CC2CC(Cl)C2)c1. The van der Waals surface area contributed by atoms with Gasteiger partial charge in [-0.2, -0.15) is 0 Å². The van der Waals surface area contributed by atoms with E-state index in [4.69, 9.17) is 16.3 Å². The van der Waals surface area contributed by atoms with Gasteiger partial charge in [0.05, 0.1) is 12.8 Å². The summed E-state index contributed by atoms with van der Waals surface area (Å²) >= 11 is 6.00. The Balaban J connectivity index is 1.89. The molecule has 1 aliphatic rings. The third-order valence-corrected chi connectivity index (χ3v) is 3.75. The van der Waals surface area contributed by atoms with Crippen molar-refractivity contribution in [3.05, 3.63) is 23.5 Å². The minimum absolute atomic E-state index is 0.403. The summed E-state index contributed by atoms with van der Waals surface area (Å²) < 4.78 is 5.27. The van der Waals surface area contributed by atoms with Crippen molar-refractivity contribution in [3.63, 3.8) is 0 Å². The highest BCUT2D eigenvalue weighted by atomic mass is 35.5. The van der Waals surface area contributed by atoms with E-state index in [0.29, 0.717) is 5.38 Å². The third-order valence-electron chi connectivity index (χ3n) is 3.40. The standard InChI is InChI=1S/C14H21ClN2O/c1-10-4-14(18-3)7-13(16-10)9-17(2)8-11-5-12(15)6-11/h4,7,11-12H,5-6,8-9H2,1-3H3. The van der Waals surface area contributed by atoms with Crippen molar-refractivity contribution in [1.29, 1.82) is 0 Å². The first kappa shape index (κ1) is 13.6. The summed E-state index contributed by atoms with van der Waals surface area (Å²) in [5.41, 5.74) is 2.07. The van der Waals surface area contributed by atoms with Gasteiger partial charge < -0.3 is 9.64 Å². The molecule has 0 amide bonds. The summed E-state index contributed by atoms with van der Waals surface area (Å²) in [6.45, 7) is 3.96. The van der Waals surface area contributed by atoms with Crippen LogP contribution in [0.2, 0.25) is 0 Å². The molecule has 0 aliphatic heterocycles. The molecule has 0 unspecified atom stereocenters. The van der Waals surface area contributed by atoms with E-state index in [1.807, 2.05) is 19.1 Å². The van der Waals surface area contributed by atoms with Crippen LogP contribution in [0.4, 0.5) is 0 Å². The quantitative estimate of drug-likeness (QED) is 0.768. The summed E-state index contributed by atoms with van der Waals surface area (Å²) in [5.74, 6) is 1.64. The molecule has 1 saturated carbocycles. The highest BCUT2D eigenvalue weighted by Crippen LogP contribution is 2.32. The maximum absolute atomic E-state index is 6.00. The molecule has 0 radical (unpaired) electrons. The van der Waals surface area contributed by atoms with E-state index in [0.717, 1.165) is 49.0 Å². The van der Waals surface area contributed by atoms with E-state index < -0.39 is 0 Å². The van der Waals surface area contributed by atoms with E-state index in [2.05, 4.69) is 16.9 Å². The number of aromatic nitrogens is 1. The number of alkyl halides is 1. The lowest BCUT2D eigenvalue weighted by Gasteiger charge is -2.34. The van der Waals surface area contributed by atoms with Gasteiger partial charge >= 0.3 is 0 Å². The van der Waals surface area contributed by atoms with Crippen LogP contribution in [0.5, 0.6) is 5.75 Å². The molecule has 3 nitrogen and oxygen atoms in total. The van der Waals surface area contributed by atoms with Crippen molar-refractivity contribution in [3.8, 4) is 5.75 Å². The van der Waals surface area contributed by atoms with Gasteiger partial charge in [-0.1, -0.05) is 0 Å². The maximum Gasteiger partial charge on any atom is 0.122 e. The molecule has 100 valence electrons. The van der Waals surface area contributed by atoms with E-state index in [1.165, 1.54) is 0 Å². The second-order valence-corrected chi connectivity index (χ2v) is 5.89. The lowest BCUT2D eigenvalue weighted by Crippen LogP contribution is -2.34. The average Bonchev–Trinajstić information content (AvgIpc) is 2.26. The fourth-order valence-electron chi connectivity index (χ4n) is 2.49. The van der Waals surface area contributed by atoms with Crippen LogP contribution >= 0.6 is 11.6 Å². The lowest BCUT2D eigenvalue weighted by atomic mass is 9.84. The van der Waals surface area contributed by atoms with Gasteiger partial charge in [0.15, 0.2) is 0 Å². The number of methoxy groups -OCH3 is 1. The van der Waals surface area contributed by atoms with Gasteiger partial charge in [-0.3, -0.25) is 4.98 Å². The zero-order chi connectivity index (χ0) is 13.1. The first-order chi connectivity index (χ1) is 8.56. The molecule has 1 aromatic heterocycles. The van der Waals surface area contributed by atoms with Crippen LogP contribution < -0.4 is 4.74 Å². The number of pyridine rings is 1. The molecule has 0 aromatic carbocycles. The molecule has 2 rings (SSSR count). The average molecular weight is 269 g/mol. The minimum Gasteiger partial charge on any atom is -0.497 e. The summed E-state index contributed by atoms with van der Waals surface area (Å²) in [6.07, 6.45) is 2.30. The molecule has 0 saturated heterocycles. The van der Waals surface area contributed by atoms with Crippen LogP contribution in [0.25, 0.3) is 0 Å². The number of halogens is 1. The minimum atomic E-state index is 0.403. The fourth-order valence-corrected chi connectivity index (χ4v) is 2.99. The molecular formula is C14H21ClN2O. The van der Waals surface area contributed by atoms with Gasteiger partial charge in [0.2, 0.25) is 0 Å². The van der Waals surface area contributed by atoms with Crippen LogP contribution in [-0.4, -0.2) is 36.0 Å². The van der Waals surface area contributed by atoms with Gasteiger partial charge in [0.25, 0.3) is 0 Å². The summed E-state index contributed by atoms with van der Waals surface area (Å²) in [7, 11) is 3.83. The Morgan fingerprint density at radius 3 is 2.78 bits per heavy atom. The molecule has 1 fully saturated rings. The van der Waals surface area contributed by atoms with E-state index in [9.17, 15) is 0 Å². The van der Waals surface area contributed by atoms with Gasteiger partial charge in [-0.25, -0.2) is 0 Å². The first-order valence-electron chi connectivity index (χ1n) is 6.41. The second kappa shape index (κ2) is 5.89. The molecule has 1 aromatic rings. The van der Waals surface area contributed by atoms with Gasteiger partial charge in [0, 0.05) is 36.3 Å². The molecular weight excluding hydrogens is 248 g/mol. The molecule has 0 N–H and O–H groups in total. The highest BCUT2D eigenvalue weighted by Gasteiger charge is 2.27. The van der Waals surface area contributed by atoms with Crippen LogP contribution in [0.15, 0.2) is 12.1 Å². The Morgan fingerprint density at radius 1 is 1.44 bits per heavy atom. The monoisotopic (exact) mass is 268 g/mol.